The molecular formula is C30H35N3OS. The first-order chi connectivity index (χ1) is 16.7. The van der Waals surface area contributed by atoms with Crippen LogP contribution in [0.15, 0.2) is 72.8 Å². The molecule has 1 aliphatic rings. The smallest absolute Gasteiger partial charge is 0.193 e. The Morgan fingerprint density at radius 1 is 1.00 bits per heavy atom. The first-order valence-electron chi connectivity index (χ1n) is 12.4. The van der Waals surface area contributed by atoms with Crippen LogP contribution in [-0.4, -0.2) is 30.0 Å². The molecule has 182 valence electrons. The third-order valence-corrected chi connectivity index (χ3v) is 6.85. The van der Waals surface area contributed by atoms with Gasteiger partial charge in [0.15, 0.2) is 10.9 Å². The summed E-state index contributed by atoms with van der Waals surface area (Å²) in [5.74, 6) is 0.00741. The first kappa shape index (κ1) is 24.9. The summed E-state index contributed by atoms with van der Waals surface area (Å²) in [6.07, 6.45) is 2.10. The molecule has 35 heavy (non-hydrogen) atoms. The van der Waals surface area contributed by atoms with Gasteiger partial charge < -0.3 is 15.5 Å². The van der Waals surface area contributed by atoms with Crippen molar-refractivity contribution in [2.75, 3.05) is 23.3 Å². The van der Waals surface area contributed by atoms with Crippen LogP contribution in [0.3, 0.4) is 0 Å². The van der Waals surface area contributed by atoms with Crippen molar-refractivity contribution in [2.45, 2.75) is 52.0 Å². The highest BCUT2D eigenvalue weighted by atomic mass is 32.1. The van der Waals surface area contributed by atoms with E-state index in [1.807, 2.05) is 48.5 Å². The van der Waals surface area contributed by atoms with E-state index < -0.39 is 0 Å². The van der Waals surface area contributed by atoms with E-state index >= 15 is 0 Å². The van der Waals surface area contributed by atoms with Gasteiger partial charge in [-0.15, -0.1) is 0 Å². The van der Waals surface area contributed by atoms with E-state index in [0.717, 1.165) is 31.6 Å². The fourth-order valence-electron chi connectivity index (χ4n) is 4.62. The van der Waals surface area contributed by atoms with Gasteiger partial charge in [0, 0.05) is 41.6 Å². The molecule has 3 aromatic rings. The van der Waals surface area contributed by atoms with Crippen molar-refractivity contribution >= 4 is 34.5 Å². The Hall–Kier alpha value is -3.18. The third kappa shape index (κ3) is 6.09. The van der Waals surface area contributed by atoms with E-state index in [9.17, 15) is 4.79 Å². The van der Waals surface area contributed by atoms with Crippen LogP contribution in [0.2, 0.25) is 0 Å². The minimum atomic E-state index is 0.00741. The Labute approximate surface area is 214 Å². The van der Waals surface area contributed by atoms with Gasteiger partial charge in [0.1, 0.15) is 0 Å². The lowest BCUT2D eigenvalue weighted by atomic mass is 9.86. The molecule has 5 heteroatoms. The molecule has 0 fully saturated rings. The van der Waals surface area contributed by atoms with Gasteiger partial charge in [-0.3, -0.25) is 4.79 Å². The predicted molar refractivity (Wildman–Crippen MR) is 151 cm³/mol. The summed E-state index contributed by atoms with van der Waals surface area (Å²) in [4.78, 5) is 15.5. The number of hydrogen-bond donors (Lipinski definition) is 2. The van der Waals surface area contributed by atoms with Gasteiger partial charge in [-0.1, -0.05) is 75.4 Å². The van der Waals surface area contributed by atoms with Crippen molar-refractivity contribution < 1.29 is 4.79 Å². The summed E-state index contributed by atoms with van der Waals surface area (Å²) in [6, 6.07) is 24.6. The quantitative estimate of drug-likeness (QED) is 0.232. The molecule has 1 heterocycles. The number of benzene rings is 3. The Balaban J connectivity index is 1.28. The molecule has 0 aliphatic carbocycles. The largest absolute Gasteiger partial charge is 0.368 e. The summed E-state index contributed by atoms with van der Waals surface area (Å²) < 4.78 is 0. The summed E-state index contributed by atoms with van der Waals surface area (Å²) >= 11 is 5.50. The number of fused-ring (bicyclic) bond motifs is 1. The normalized spacial score (nSPS) is 15.0. The molecule has 1 unspecified atom stereocenters. The minimum absolute atomic E-state index is 0.00741. The van der Waals surface area contributed by atoms with E-state index in [-0.39, 0.29) is 11.2 Å². The average molecular weight is 486 g/mol. The van der Waals surface area contributed by atoms with Gasteiger partial charge in [0.25, 0.3) is 0 Å². The maximum atomic E-state index is 13.0. The zero-order valence-electron chi connectivity index (χ0n) is 21.1. The topological polar surface area (TPSA) is 44.4 Å². The maximum absolute atomic E-state index is 13.0. The highest BCUT2D eigenvalue weighted by Crippen LogP contribution is 2.31. The Morgan fingerprint density at radius 3 is 2.49 bits per heavy atom. The van der Waals surface area contributed by atoms with Gasteiger partial charge in [-0.2, -0.15) is 0 Å². The molecule has 3 aromatic carbocycles. The van der Waals surface area contributed by atoms with Gasteiger partial charge in [-0.25, -0.2) is 0 Å². The number of hydrogen-bond acceptors (Lipinski definition) is 3. The lowest BCUT2D eigenvalue weighted by Crippen LogP contribution is -2.34. The Kier molecular flexibility index (Phi) is 7.56. The molecule has 0 radical (unpaired) electrons. The summed E-state index contributed by atoms with van der Waals surface area (Å²) in [7, 11) is 0. The zero-order chi connectivity index (χ0) is 25.0. The standard InChI is InChI=1S/C30H35N3OS/c1-21-19-23-9-5-6-12-27(23)33(21)18-8-17-31-29(35)32-26-11-7-10-24(20-26)28(34)22-13-15-25(16-14-22)30(2,3)4/h5-7,9-16,20-21H,8,17-19H2,1-4H3,(H2,31,32,35). The van der Waals surface area contributed by atoms with E-state index in [4.69, 9.17) is 12.2 Å². The molecule has 4 rings (SSSR count). The van der Waals surface area contributed by atoms with Crippen LogP contribution in [-0.2, 0) is 11.8 Å². The second-order valence-corrected chi connectivity index (χ2v) is 10.8. The molecule has 0 spiro atoms. The van der Waals surface area contributed by atoms with E-state index in [1.54, 1.807) is 0 Å². The molecule has 0 saturated heterocycles. The Morgan fingerprint density at radius 2 is 1.74 bits per heavy atom. The number of nitrogens with one attached hydrogen (secondary N) is 2. The lowest BCUT2D eigenvalue weighted by Gasteiger charge is -2.25. The number of rotatable bonds is 7. The van der Waals surface area contributed by atoms with Crippen molar-refractivity contribution in [2.24, 2.45) is 0 Å². The van der Waals surface area contributed by atoms with Crippen molar-refractivity contribution in [1.82, 2.24) is 5.32 Å². The first-order valence-corrected chi connectivity index (χ1v) is 12.8. The number of carbonyl (C=O) groups excluding carboxylic acids is 1. The van der Waals surface area contributed by atoms with Crippen LogP contribution >= 0.6 is 12.2 Å². The van der Waals surface area contributed by atoms with Gasteiger partial charge in [0.05, 0.1) is 0 Å². The number of nitrogens with zero attached hydrogens (tertiary/aromatic N) is 1. The van der Waals surface area contributed by atoms with Gasteiger partial charge in [0.2, 0.25) is 0 Å². The summed E-state index contributed by atoms with van der Waals surface area (Å²) in [6.45, 7) is 10.6. The highest BCUT2D eigenvalue weighted by Gasteiger charge is 2.24. The third-order valence-electron chi connectivity index (χ3n) is 6.61. The van der Waals surface area contributed by atoms with Crippen molar-refractivity contribution in [3.63, 3.8) is 0 Å². The van der Waals surface area contributed by atoms with Crippen molar-refractivity contribution in [1.29, 1.82) is 0 Å². The highest BCUT2D eigenvalue weighted by molar-refractivity contribution is 7.80. The van der Waals surface area contributed by atoms with Crippen LogP contribution < -0.4 is 15.5 Å². The monoisotopic (exact) mass is 485 g/mol. The number of carbonyl (C=O) groups is 1. The maximum Gasteiger partial charge on any atom is 0.193 e. The Bertz CT molecular complexity index is 1200. The number of thiocarbonyl (C=S) groups is 1. The molecule has 2 N–H and O–H groups in total. The van der Waals surface area contributed by atoms with Crippen LogP contribution in [0.25, 0.3) is 0 Å². The second-order valence-electron chi connectivity index (χ2n) is 10.3. The minimum Gasteiger partial charge on any atom is -0.368 e. The molecule has 1 atom stereocenters. The predicted octanol–water partition coefficient (Wildman–Crippen LogP) is 6.34. The van der Waals surface area contributed by atoms with Crippen LogP contribution in [0, 0.1) is 0 Å². The summed E-state index contributed by atoms with van der Waals surface area (Å²) in [5.41, 5.74) is 6.20. The van der Waals surface area contributed by atoms with Crippen LogP contribution in [0.4, 0.5) is 11.4 Å². The van der Waals surface area contributed by atoms with Crippen LogP contribution in [0.5, 0.6) is 0 Å². The molecular weight excluding hydrogens is 450 g/mol. The number of ketones is 1. The molecule has 4 nitrogen and oxygen atoms in total. The zero-order valence-corrected chi connectivity index (χ0v) is 21.9. The van der Waals surface area contributed by atoms with E-state index in [2.05, 4.69) is 67.5 Å². The molecule has 0 bridgehead atoms. The van der Waals surface area contributed by atoms with E-state index in [0.29, 0.717) is 22.3 Å². The molecule has 1 aliphatic heterocycles. The number of anilines is 2. The van der Waals surface area contributed by atoms with Crippen molar-refractivity contribution in [3.8, 4) is 0 Å². The molecule has 0 saturated carbocycles. The molecule has 0 amide bonds. The lowest BCUT2D eigenvalue weighted by molar-refractivity contribution is 0.103. The average Bonchev–Trinajstić information content (AvgIpc) is 3.16. The number of para-hydroxylation sites is 1. The fraction of sp³-hybridized carbons (Fsp3) is 0.333. The van der Waals surface area contributed by atoms with Crippen molar-refractivity contribution in [3.05, 3.63) is 95.1 Å². The second kappa shape index (κ2) is 10.6. The van der Waals surface area contributed by atoms with Gasteiger partial charge in [-0.05, 0) is 66.7 Å². The van der Waals surface area contributed by atoms with E-state index in [1.165, 1.54) is 16.8 Å². The molecule has 0 aromatic heterocycles. The van der Waals surface area contributed by atoms with Crippen LogP contribution in [0.1, 0.15) is 61.2 Å². The van der Waals surface area contributed by atoms with Gasteiger partial charge >= 0.3 is 0 Å². The SMILES string of the molecule is CC1Cc2ccccc2N1CCCNC(=S)Nc1cccc(C(=O)c2ccc(C(C)(C)C)cc2)c1. The summed E-state index contributed by atoms with van der Waals surface area (Å²) in [5, 5.41) is 7.10. The fourth-order valence-corrected chi connectivity index (χ4v) is 4.84.